The van der Waals surface area contributed by atoms with Crippen molar-refractivity contribution in [1.29, 1.82) is 0 Å². The molecule has 1 amide bonds. The van der Waals surface area contributed by atoms with E-state index in [2.05, 4.69) is 10.4 Å². The molecule has 8 heteroatoms. The predicted octanol–water partition coefficient (Wildman–Crippen LogP) is 4.34. The van der Waals surface area contributed by atoms with Crippen LogP contribution in [0.2, 0.25) is 5.02 Å². The van der Waals surface area contributed by atoms with Gasteiger partial charge in [-0.2, -0.15) is 5.10 Å². The minimum absolute atomic E-state index is 0.322. The third kappa shape index (κ3) is 3.97. The summed E-state index contributed by atoms with van der Waals surface area (Å²) in [6.45, 7) is 0. The fraction of sp³-hybridized carbons (Fsp3) is 0.0455. The van der Waals surface area contributed by atoms with Gasteiger partial charge in [-0.15, -0.1) is 0 Å². The van der Waals surface area contributed by atoms with Crippen molar-refractivity contribution in [2.45, 2.75) is 0 Å². The molecule has 4 rings (SSSR count). The zero-order valence-corrected chi connectivity index (χ0v) is 16.7. The molecule has 1 N–H and O–H groups in total. The lowest BCUT2D eigenvalue weighted by Gasteiger charge is -2.09. The van der Waals surface area contributed by atoms with Crippen molar-refractivity contribution in [2.75, 3.05) is 5.32 Å². The molecule has 0 saturated carbocycles. The molecule has 2 aromatic heterocycles. The van der Waals surface area contributed by atoms with Gasteiger partial charge in [0.05, 0.1) is 16.8 Å². The average Bonchev–Trinajstić information content (AvgIpc) is 3.39. The zero-order valence-electron chi connectivity index (χ0n) is 15.9. The van der Waals surface area contributed by atoms with E-state index < -0.39 is 5.97 Å². The van der Waals surface area contributed by atoms with Crippen molar-refractivity contribution in [2.24, 2.45) is 7.05 Å². The number of hydrogen-bond acceptors (Lipinski definition) is 4. The number of carbonyl (C=O) groups excluding carboxylic acids is 2. The fourth-order valence-corrected chi connectivity index (χ4v) is 3.19. The molecular weight excluding hydrogens is 404 g/mol. The largest absolute Gasteiger partial charge is 0.423 e. The standard InChI is InChI=1S/C22H17ClN4O3/c1-26-21(27-12-4-5-13-27)18(14-24-26)22(29)30-16-10-8-15(9-11-16)25-20(28)17-6-2-3-7-19(17)23/h2-14H,1H3,(H,25,28). The first kappa shape index (κ1) is 19.5. The maximum absolute atomic E-state index is 12.7. The van der Waals surface area contributed by atoms with Gasteiger partial charge in [-0.05, 0) is 48.5 Å². The van der Waals surface area contributed by atoms with E-state index in [-0.39, 0.29) is 5.91 Å². The van der Waals surface area contributed by atoms with Crippen molar-refractivity contribution in [1.82, 2.24) is 14.3 Å². The molecule has 30 heavy (non-hydrogen) atoms. The molecule has 2 aromatic carbocycles. The van der Waals surface area contributed by atoms with E-state index in [4.69, 9.17) is 16.3 Å². The number of halogens is 1. The molecule has 0 unspecified atom stereocenters. The topological polar surface area (TPSA) is 78.2 Å². The van der Waals surface area contributed by atoms with Gasteiger partial charge in [-0.25, -0.2) is 4.79 Å². The summed E-state index contributed by atoms with van der Waals surface area (Å²) < 4.78 is 8.87. The van der Waals surface area contributed by atoms with E-state index in [1.54, 1.807) is 64.8 Å². The highest BCUT2D eigenvalue weighted by molar-refractivity contribution is 6.34. The molecule has 4 aromatic rings. The normalized spacial score (nSPS) is 10.6. The third-order valence-corrected chi connectivity index (χ3v) is 4.75. The van der Waals surface area contributed by atoms with E-state index >= 15 is 0 Å². The van der Waals surface area contributed by atoms with Crippen LogP contribution in [0.4, 0.5) is 5.69 Å². The number of aryl methyl sites for hydroxylation is 1. The summed E-state index contributed by atoms with van der Waals surface area (Å²) >= 11 is 6.05. The van der Waals surface area contributed by atoms with E-state index in [0.717, 1.165) is 0 Å². The van der Waals surface area contributed by atoms with Gasteiger partial charge in [-0.3, -0.25) is 9.48 Å². The molecule has 0 spiro atoms. The monoisotopic (exact) mass is 420 g/mol. The SMILES string of the molecule is Cn1ncc(C(=O)Oc2ccc(NC(=O)c3ccccc3Cl)cc2)c1-n1cccc1. The molecule has 0 bridgehead atoms. The highest BCUT2D eigenvalue weighted by Crippen LogP contribution is 2.21. The molecule has 150 valence electrons. The smallest absolute Gasteiger partial charge is 0.348 e. The van der Waals surface area contributed by atoms with Crippen molar-refractivity contribution in [3.63, 3.8) is 0 Å². The van der Waals surface area contributed by atoms with Gasteiger partial charge in [0, 0.05) is 25.1 Å². The summed E-state index contributed by atoms with van der Waals surface area (Å²) in [5.74, 6) is 0.100. The van der Waals surface area contributed by atoms with Crippen molar-refractivity contribution in [3.8, 4) is 11.6 Å². The average molecular weight is 421 g/mol. The van der Waals surface area contributed by atoms with Crippen LogP contribution >= 0.6 is 11.6 Å². The molecule has 0 radical (unpaired) electrons. The number of ether oxygens (including phenoxy) is 1. The van der Waals surface area contributed by atoms with Crippen LogP contribution in [-0.4, -0.2) is 26.2 Å². The Balaban J connectivity index is 1.46. The maximum atomic E-state index is 12.7. The second-order valence-corrected chi connectivity index (χ2v) is 6.85. The Morgan fingerprint density at radius 1 is 0.967 bits per heavy atom. The Morgan fingerprint density at radius 2 is 1.67 bits per heavy atom. The lowest BCUT2D eigenvalue weighted by Crippen LogP contribution is -2.13. The lowest BCUT2D eigenvalue weighted by atomic mass is 10.2. The molecule has 0 atom stereocenters. The number of benzene rings is 2. The van der Waals surface area contributed by atoms with Gasteiger partial charge < -0.3 is 14.6 Å². The Hall–Kier alpha value is -3.84. The van der Waals surface area contributed by atoms with E-state index in [0.29, 0.717) is 33.4 Å². The molecular formula is C22H17ClN4O3. The summed E-state index contributed by atoms with van der Waals surface area (Å²) in [7, 11) is 1.75. The van der Waals surface area contributed by atoms with Crippen LogP contribution in [0.1, 0.15) is 20.7 Å². The van der Waals surface area contributed by atoms with Gasteiger partial charge >= 0.3 is 5.97 Å². The first-order valence-electron chi connectivity index (χ1n) is 9.06. The second kappa shape index (κ2) is 8.26. The van der Waals surface area contributed by atoms with Crippen molar-refractivity contribution in [3.05, 3.63) is 95.4 Å². The maximum Gasteiger partial charge on any atom is 0.348 e. The molecule has 0 saturated heterocycles. The number of hydrogen-bond donors (Lipinski definition) is 1. The van der Waals surface area contributed by atoms with Crippen LogP contribution in [0.5, 0.6) is 5.75 Å². The molecule has 0 aliphatic carbocycles. The highest BCUT2D eigenvalue weighted by atomic mass is 35.5. The molecule has 2 heterocycles. The fourth-order valence-electron chi connectivity index (χ4n) is 2.97. The third-order valence-electron chi connectivity index (χ3n) is 4.42. The van der Waals surface area contributed by atoms with Crippen LogP contribution in [0.25, 0.3) is 5.82 Å². The van der Waals surface area contributed by atoms with Crippen LogP contribution in [0.15, 0.2) is 79.3 Å². The minimum atomic E-state index is -0.528. The number of amides is 1. The summed E-state index contributed by atoms with van der Waals surface area (Å²) in [6.07, 6.45) is 5.12. The zero-order chi connectivity index (χ0) is 21.1. The summed E-state index contributed by atoms with van der Waals surface area (Å²) in [4.78, 5) is 25.0. The number of nitrogens with one attached hydrogen (secondary N) is 1. The number of esters is 1. The Bertz CT molecular complexity index is 1200. The van der Waals surface area contributed by atoms with Gasteiger partial charge in [0.2, 0.25) is 0 Å². The van der Waals surface area contributed by atoms with Crippen LogP contribution in [-0.2, 0) is 7.05 Å². The molecule has 7 nitrogen and oxygen atoms in total. The van der Waals surface area contributed by atoms with Gasteiger partial charge in [0.25, 0.3) is 5.91 Å². The molecule has 0 aliphatic heterocycles. The summed E-state index contributed by atoms with van der Waals surface area (Å²) in [5, 5.41) is 7.29. The van der Waals surface area contributed by atoms with Gasteiger partial charge in [-0.1, -0.05) is 23.7 Å². The number of anilines is 1. The van der Waals surface area contributed by atoms with Crippen molar-refractivity contribution >= 4 is 29.2 Å². The van der Waals surface area contributed by atoms with E-state index in [1.165, 1.54) is 6.20 Å². The Morgan fingerprint density at radius 3 is 2.37 bits per heavy atom. The number of aromatic nitrogens is 3. The minimum Gasteiger partial charge on any atom is -0.423 e. The van der Waals surface area contributed by atoms with Gasteiger partial charge in [0.15, 0.2) is 0 Å². The first-order valence-corrected chi connectivity index (χ1v) is 9.44. The highest BCUT2D eigenvalue weighted by Gasteiger charge is 2.19. The predicted molar refractivity (Wildman–Crippen MR) is 113 cm³/mol. The van der Waals surface area contributed by atoms with Crippen LogP contribution in [0.3, 0.4) is 0 Å². The number of rotatable bonds is 5. The Labute approximate surface area is 177 Å². The second-order valence-electron chi connectivity index (χ2n) is 6.44. The van der Waals surface area contributed by atoms with Crippen LogP contribution < -0.4 is 10.1 Å². The quantitative estimate of drug-likeness (QED) is 0.385. The molecule has 0 aliphatic rings. The Kier molecular flexibility index (Phi) is 5.36. The first-order chi connectivity index (χ1) is 14.5. The summed E-state index contributed by atoms with van der Waals surface area (Å²) in [6, 6.07) is 17.0. The number of carbonyl (C=O) groups is 2. The van der Waals surface area contributed by atoms with Gasteiger partial charge in [0.1, 0.15) is 17.1 Å². The van der Waals surface area contributed by atoms with Crippen LogP contribution in [0, 0.1) is 0 Å². The molecule has 0 fully saturated rings. The summed E-state index contributed by atoms with van der Waals surface area (Å²) in [5.41, 5.74) is 1.27. The van der Waals surface area contributed by atoms with Crippen molar-refractivity contribution < 1.29 is 14.3 Å². The lowest BCUT2D eigenvalue weighted by molar-refractivity contribution is 0.0734. The number of nitrogens with zero attached hydrogens (tertiary/aromatic N) is 3. The van der Waals surface area contributed by atoms with E-state index in [1.807, 2.05) is 24.5 Å². The van der Waals surface area contributed by atoms with E-state index in [9.17, 15) is 9.59 Å².